The quantitative estimate of drug-likeness (QED) is 0.938. The normalized spacial score (nSPS) is 12.7. The molecule has 0 aliphatic carbocycles. The van der Waals surface area contributed by atoms with E-state index in [1.807, 2.05) is 18.7 Å². The number of hydrogen-bond donors (Lipinski definition) is 1. The van der Waals surface area contributed by atoms with Crippen LogP contribution in [0.15, 0.2) is 28.7 Å². The molecular formula is C14H16BrFN2O. The summed E-state index contributed by atoms with van der Waals surface area (Å²) in [5, 5.41) is 13.9. The first-order chi connectivity index (χ1) is 9.02. The standard InChI is InChI=1S/C14H16BrFN2O/c1-9-14(15)13(18(2)17-9)7-11(8-19)10-3-5-12(16)6-4-10/h3-6,11,19H,7-8H2,1-2H3. The second-order valence-electron chi connectivity index (χ2n) is 4.60. The summed E-state index contributed by atoms with van der Waals surface area (Å²) in [6.45, 7) is 1.95. The fraction of sp³-hybridized carbons (Fsp3) is 0.357. The molecule has 2 aromatic rings. The van der Waals surface area contributed by atoms with E-state index in [-0.39, 0.29) is 18.3 Å². The maximum absolute atomic E-state index is 12.9. The summed E-state index contributed by atoms with van der Waals surface area (Å²) in [6, 6.07) is 6.27. The van der Waals surface area contributed by atoms with Crippen molar-refractivity contribution in [3.05, 3.63) is 51.5 Å². The van der Waals surface area contributed by atoms with Crippen molar-refractivity contribution in [3.8, 4) is 0 Å². The first-order valence-electron chi connectivity index (χ1n) is 6.07. The number of aromatic nitrogens is 2. The number of aliphatic hydroxyl groups excluding tert-OH is 1. The topological polar surface area (TPSA) is 38.0 Å². The summed E-state index contributed by atoms with van der Waals surface area (Å²) in [5.74, 6) is -0.329. The second-order valence-corrected chi connectivity index (χ2v) is 5.40. The highest BCUT2D eigenvalue weighted by molar-refractivity contribution is 9.10. The van der Waals surface area contributed by atoms with Crippen molar-refractivity contribution in [2.75, 3.05) is 6.61 Å². The monoisotopic (exact) mass is 326 g/mol. The van der Waals surface area contributed by atoms with E-state index in [1.54, 1.807) is 12.1 Å². The Balaban J connectivity index is 2.26. The molecule has 0 fully saturated rings. The lowest BCUT2D eigenvalue weighted by Crippen LogP contribution is -2.11. The molecule has 1 heterocycles. The Morgan fingerprint density at radius 2 is 2.00 bits per heavy atom. The molecule has 1 atom stereocenters. The maximum atomic E-state index is 12.9. The van der Waals surface area contributed by atoms with E-state index < -0.39 is 0 Å². The predicted octanol–water partition coefficient (Wildman–Crippen LogP) is 2.95. The van der Waals surface area contributed by atoms with E-state index in [9.17, 15) is 9.50 Å². The average Bonchev–Trinajstić information content (AvgIpc) is 2.63. The number of benzene rings is 1. The molecule has 0 radical (unpaired) electrons. The van der Waals surface area contributed by atoms with E-state index in [2.05, 4.69) is 21.0 Å². The number of aliphatic hydroxyl groups is 1. The summed E-state index contributed by atoms with van der Waals surface area (Å²) in [4.78, 5) is 0. The van der Waals surface area contributed by atoms with Crippen molar-refractivity contribution in [1.82, 2.24) is 9.78 Å². The van der Waals surface area contributed by atoms with Gasteiger partial charge in [-0.25, -0.2) is 4.39 Å². The van der Waals surface area contributed by atoms with Crippen molar-refractivity contribution in [2.24, 2.45) is 7.05 Å². The highest BCUT2D eigenvalue weighted by Crippen LogP contribution is 2.27. The van der Waals surface area contributed by atoms with Crippen molar-refractivity contribution in [2.45, 2.75) is 19.3 Å². The molecule has 0 bridgehead atoms. The Hall–Kier alpha value is -1.20. The summed E-state index contributed by atoms with van der Waals surface area (Å²) >= 11 is 3.52. The zero-order valence-electron chi connectivity index (χ0n) is 10.9. The molecular weight excluding hydrogens is 311 g/mol. The minimum Gasteiger partial charge on any atom is -0.396 e. The van der Waals surface area contributed by atoms with Gasteiger partial charge in [0.15, 0.2) is 0 Å². The lowest BCUT2D eigenvalue weighted by Gasteiger charge is -2.15. The highest BCUT2D eigenvalue weighted by atomic mass is 79.9. The number of aryl methyl sites for hydroxylation is 2. The smallest absolute Gasteiger partial charge is 0.123 e. The van der Waals surface area contributed by atoms with Crippen LogP contribution in [0.5, 0.6) is 0 Å². The van der Waals surface area contributed by atoms with Crippen LogP contribution in [-0.2, 0) is 13.5 Å². The molecule has 0 aliphatic rings. The molecule has 1 N–H and O–H groups in total. The van der Waals surface area contributed by atoms with E-state index in [0.29, 0.717) is 6.42 Å². The van der Waals surface area contributed by atoms with Gasteiger partial charge in [-0.15, -0.1) is 0 Å². The van der Waals surface area contributed by atoms with Gasteiger partial charge >= 0.3 is 0 Å². The van der Waals surface area contributed by atoms with Crippen LogP contribution >= 0.6 is 15.9 Å². The van der Waals surface area contributed by atoms with Crippen LogP contribution in [0, 0.1) is 12.7 Å². The first kappa shape index (κ1) is 14.2. The van der Waals surface area contributed by atoms with Gasteiger partial charge in [0.05, 0.1) is 22.5 Å². The number of halogens is 2. The zero-order chi connectivity index (χ0) is 14.0. The summed E-state index contributed by atoms with van der Waals surface area (Å²) in [5.41, 5.74) is 2.88. The lowest BCUT2D eigenvalue weighted by molar-refractivity contribution is 0.263. The van der Waals surface area contributed by atoms with Gasteiger partial charge in [0.25, 0.3) is 0 Å². The minimum atomic E-state index is -0.266. The Bertz CT molecular complexity index is 566. The van der Waals surface area contributed by atoms with Gasteiger partial charge in [0.1, 0.15) is 5.82 Å². The molecule has 3 nitrogen and oxygen atoms in total. The number of hydrogen-bond acceptors (Lipinski definition) is 2. The first-order valence-corrected chi connectivity index (χ1v) is 6.86. The Morgan fingerprint density at radius 1 is 1.37 bits per heavy atom. The van der Waals surface area contributed by atoms with E-state index >= 15 is 0 Å². The van der Waals surface area contributed by atoms with E-state index in [1.165, 1.54) is 12.1 Å². The molecule has 19 heavy (non-hydrogen) atoms. The molecule has 0 saturated carbocycles. The van der Waals surface area contributed by atoms with Gasteiger partial charge in [-0.05, 0) is 47.0 Å². The van der Waals surface area contributed by atoms with Crippen LogP contribution in [0.1, 0.15) is 22.9 Å². The van der Waals surface area contributed by atoms with Gasteiger partial charge in [-0.2, -0.15) is 5.10 Å². The van der Waals surface area contributed by atoms with E-state index in [0.717, 1.165) is 21.4 Å². The van der Waals surface area contributed by atoms with Crippen LogP contribution in [0.3, 0.4) is 0 Å². The van der Waals surface area contributed by atoms with Gasteiger partial charge in [0.2, 0.25) is 0 Å². The number of nitrogens with zero attached hydrogens (tertiary/aromatic N) is 2. The predicted molar refractivity (Wildman–Crippen MR) is 75.6 cm³/mol. The van der Waals surface area contributed by atoms with Gasteiger partial charge in [0, 0.05) is 13.0 Å². The summed E-state index contributed by atoms with van der Waals surface area (Å²) in [7, 11) is 1.88. The SMILES string of the molecule is Cc1nn(C)c(CC(CO)c2ccc(F)cc2)c1Br. The van der Waals surface area contributed by atoms with Gasteiger partial charge < -0.3 is 5.11 Å². The minimum absolute atomic E-state index is 0.0162. The van der Waals surface area contributed by atoms with Crippen LogP contribution < -0.4 is 0 Å². The Labute approximate surface area is 120 Å². The molecule has 2 rings (SSSR count). The fourth-order valence-electron chi connectivity index (χ4n) is 2.16. The molecule has 1 aromatic heterocycles. The molecule has 5 heteroatoms. The van der Waals surface area contributed by atoms with Crippen LogP contribution in [0.2, 0.25) is 0 Å². The van der Waals surface area contributed by atoms with Gasteiger partial charge in [-0.3, -0.25) is 4.68 Å². The van der Waals surface area contributed by atoms with Gasteiger partial charge in [-0.1, -0.05) is 12.1 Å². The van der Waals surface area contributed by atoms with Crippen LogP contribution in [0.25, 0.3) is 0 Å². The molecule has 102 valence electrons. The highest BCUT2D eigenvalue weighted by Gasteiger charge is 2.17. The summed E-state index contributed by atoms with van der Waals surface area (Å²) in [6.07, 6.45) is 0.653. The fourth-order valence-corrected chi connectivity index (χ4v) is 2.66. The van der Waals surface area contributed by atoms with Crippen molar-refractivity contribution >= 4 is 15.9 Å². The van der Waals surface area contributed by atoms with Crippen molar-refractivity contribution < 1.29 is 9.50 Å². The maximum Gasteiger partial charge on any atom is 0.123 e. The second kappa shape index (κ2) is 5.84. The third-order valence-corrected chi connectivity index (χ3v) is 4.29. The number of rotatable bonds is 4. The molecule has 0 spiro atoms. The average molecular weight is 327 g/mol. The van der Waals surface area contributed by atoms with Crippen molar-refractivity contribution in [1.29, 1.82) is 0 Å². The third-order valence-electron chi connectivity index (χ3n) is 3.26. The molecule has 1 unspecified atom stereocenters. The molecule has 1 aromatic carbocycles. The zero-order valence-corrected chi connectivity index (χ0v) is 12.5. The lowest BCUT2D eigenvalue weighted by atomic mass is 9.95. The van der Waals surface area contributed by atoms with Crippen LogP contribution in [-0.4, -0.2) is 21.5 Å². The summed E-state index contributed by atoms with van der Waals surface area (Å²) < 4.78 is 15.7. The van der Waals surface area contributed by atoms with Crippen LogP contribution in [0.4, 0.5) is 4.39 Å². The Morgan fingerprint density at radius 3 is 2.47 bits per heavy atom. The van der Waals surface area contributed by atoms with Crippen molar-refractivity contribution in [3.63, 3.8) is 0 Å². The van der Waals surface area contributed by atoms with E-state index in [4.69, 9.17) is 0 Å². The largest absolute Gasteiger partial charge is 0.396 e. The molecule has 0 saturated heterocycles. The Kier molecular flexibility index (Phi) is 4.37. The third kappa shape index (κ3) is 3.04. The molecule has 0 amide bonds. The molecule has 0 aliphatic heterocycles.